The number of amides is 3. The molecule has 32 heavy (non-hydrogen) atoms. The number of thioether (sulfide) groups is 1. The maximum absolute atomic E-state index is 12.8. The Morgan fingerprint density at radius 1 is 1.00 bits per heavy atom. The van der Waals surface area contributed by atoms with E-state index in [1.165, 1.54) is 13.0 Å². The Balaban J connectivity index is 1.44. The van der Waals surface area contributed by atoms with Crippen LogP contribution in [0.15, 0.2) is 45.7 Å². The Labute approximate surface area is 190 Å². The molecule has 4 rings (SSSR count). The van der Waals surface area contributed by atoms with Crippen molar-refractivity contribution in [2.45, 2.75) is 32.6 Å². The van der Waals surface area contributed by atoms with Crippen molar-refractivity contribution < 1.29 is 23.6 Å². The molecular formula is C24H24N2O5S. The fourth-order valence-corrected chi connectivity index (χ4v) is 4.59. The number of rotatable bonds is 5. The number of hydrogen-bond acceptors (Lipinski definition) is 6. The van der Waals surface area contributed by atoms with Crippen molar-refractivity contribution in [1.82, 2.24) is 9.80 Å². The van der Waals surface area contributed by atoms with Crippen LogP contribution in [-0.4, -0.2) is 52.3 Å². The first-order valence-corrected chi connectivity index (χ1v) is 11.5. The van der Waals surface area contributed by atoms with E-state index in [0.29, 0.717) is 30.2 Å². The first-order valence-electron chi connectivity index (χ1n) is 10.7. The fraction of sp³-hybridized carbons (Fsp3) is 0.333. The van der Waals surface area contributed by atoms with Gasteiger partial charge in [0.05, 0.1) is 4.91 Å². The molecule has 3 amide bonds. The second kappa shape index (κ2) is 9.56. The van der Waals surface area contributed by atoms with Gasteiger partial charge in [-0.25, -0.2) is 0 Å². The molecule has 1 aromatic carbocycles. The minimum atomic E-state index is -0.480. The summed E-state index contributed by atoms with van der Waals surface area (Å²) in [5, 5.41) is -0.448. The number of likely N-dealkylation sites (tertiary alicyclic amines) is 1. The summed E-state index contributed by atoms with van der Waals surface area (Å²) in [6.07, 6.45) is 5.62. The molecule has 1 aromatic heterocycles. The molecule has 2 fully saturated rings. The summed E-state index contributed by atoms with van der Waals surface area (Å²) in [5.74, 6) is 0.334. The monoisotopic (exact) mass is 452 g/mol. The van der Waals surface area contributed by atoms with Gasteiger partial charge in [0.25, 0.3) is 11.1 Å². The molecule has 3 heterocycles. The van der Waals surface area contributed by atoms with Crippen LogP contribution in [0.2, 0.25) is 0 Å². The van der Waals surface area contributed by atoms with Gasteiger partial charge in [0.1, 0.15) is 18.1 Å². The van der Waals surface area contributed by atoms with Gasteiger partial charge >= 0.3 is 0 Å². The van der Waals surface area contributed by atoms with Crippen LogP contribution in [-0.2, 0) is 9.59 Å². The van der Waals surface area contributed by atoms with Gasteiger partial charge in [-0.3, -0.25) is 24.1 Å². The molecule has 2 aliphatic heterocycles. The lowest BCUT2D eigenvalue weighted by molar-refractivity contribution is -0.135. The maximum atomic E-state index is 12.8. The summed E-state index contributed by atoms with van der Waals surface area (Å²) in [5.41, 5.74) is 1.41. The molecule has 0 atom stereocenters. The lowest BCUT2D eigenvalue weighted by Gasteiger charge is -2.22. The number of carbonyl (C=O) groups is 4. The number of carbonyl (C=O) groups excluding carboxylic acids is 4. The van der Waals surface area contributed by atoms with E-state index < -0.39 is 11.1 Å². The van der Waals surface area contributed by atoms with Crippen LogP contribution in [0.4, 0.5) is 4.79 Å². The molecule has 2 saturated heterocycles. The van der Waals surface area contributed by atoms with Gasteiger partial charge in [0, 0.05) is 30.3 Å². The molecule has 0 N–H and O–H groups in total. The normalized spacial score (nSPS) is 18.3. The molecule has 2 aromatic rings. The highest BCUT2D eigenvalue weighted by Crippen LogP contribution is 2.33. The highest BCUT2D eigenvalue weighted by molar-refractivity contribution is 8.18. The Morgan fingerprint density at radius 2 is 1.69 bits per heavy atom. The van der Waals surface area contributed by atoms with Crippen molar-refractivity contribution in [3.05, 3.63) is 52.6 Å². The van der Waals surface area contributed by atoms with Crippen LogP contribution in [0.25, 0.3) is 17.4 Å². The number of benzene rings is 1. The summed E-state index contributed by atoms with van der Waals surface area (Å²) in [4.78, 5) is 52.1. The lowest BCUT2D eigenvalue weighted by atomic mass is 10.1. The quantitative estimate of drug-likeness (QED) is 0.487. The third-order valence-corrected chi connectivity index (χ3v) is 6.51. The van der Waals surface area contributed by atoms with Gasteiger partial charge in [0.15, 0.2) is 5.78 Å². The molecule has 0 bridgehead atoms. The maximum Gasteiger partial charge on any atom is 0.294 e. The smallest absolute Gasteiger partial charge is 0.294 e. The summed E-state index contributed by atoms with van der Waals surface area (Å²) in [6.45, 7) is 2.63. The average molecular weight is 453 g/mol. The Bertz CT molecular complexity index is 1080. The summed E-state index contributed by atoms with van der Waals surface area (Å²) >= 11 is 0.810. The third-order valence-electron chi connectivity index (χ3n) is 5.60. The van der Waals surface area contributed by atoms with E-state index in [1.807, 2.05) is 0 Å². The van der Waals surface area contributed by atoms with Crippen molar-refractivity contribution in [3.8, 4) is 11.3 Å². The average Bonchev–Trinajstić information content (AvgIpc) is 3.21. The minimum Gasteiger partial charge on any atom is -0.457 e. The summed E-state index contributed by atoms with van der Waals surface area (Å²) < 4.78 is 5.81. The van der Waals surface area contributed by atoms with E-state index in [-0.39, 0.29) is 23.1 Å². The van der Waals surface area contributed by atoms with Crippen molar-refractivity contribution in [2.24, 2.45) is 0 Å². The highest BCUT2D eigenvalue weighted by Gasteiger charge is 2.37. The fourth-order valence-electron chi connectivity index (χ4n) is 3.78. The summed E-state index contributed by atoms with van der Waals surface area (Å²) in [7, 11) is 0. The SMILES string of the molecule is CC(=O)c1ccc(-c2ccc(C=C3SC(=O)N(CC(=O)N4CCCCCC4)C3=O)o2)cc1. The second-order valence-electron chi connectivity index (χ2n) is 7.90. The lowest BCUT2D eigenvalue weighted by Crippen LogP contribution is -2.42. The van der Waals surface area contributed by atoms with E-state index in [0.717, 1.165) is 47.9 Å². The first kappa shape index (κ1) is 22.1. The van der Waals surface area contributed by atoms with E-state index in [2.05, 4.69) is 0 Å². The molecule has 0 spiro atoms. The van der Waals surface area contributed by atoms with Crippen molar-refractivity contribution in [1.29, 1.82) is 0 Å². The van der Waals surface area contributed by atoms with Crippen LogP contribution in [0, 0.1) is 0 Å². The molecule has 0 unspecified atom stereocenters. The molecule has 2 aliphatic rings. The van der Waals surface area contributed by atoms with Gasteiger partial charge in [-0.2, -0.15) is 0 Å². The molecule has 8 heteroatoms. The first-order chi connectivity index (χ1) is 15.4. The van der Waals surface area contributed by atoms with E-state index in [9.17, 15) is 19.2 Å². The molecular weight excluding hydrogens is 428 g/mol. The topological polar surface area (TPSA) is 87.9 Å². The van der Waals surface area contributed by atoms with Gasteiger partial charge in [0.2, 0.25) is 5.91 Å². The molecule has 7 nitrogen and oxygen atoms in total. The Hall–Kier alpha value is -3.13. The number of hydrogen-bond donors (Lipinski definition) is 0. The van der Waals surface area contributed by atoms with E-state index in [4.69, 9.17) is 4.42 Å². The van der Waals surface area contributed by atoms with Gasteiger partial charge < -0.3 is 9.32 Å². The molecule has 166 valence electrons. The van der Waals surface area contributed by atoms with Crippen LogP contribution in [0.5, 0.6) is 0 Å². The predicted molar refractivity (Wildman–Crippen MR) is 122 cm³/mol. The number of furan rings is 1. The predicted octanol–water partition coefficient (Wildman–Crippen LogP) is 4.59. The Morgan fingerprint density at radius 3 is 2.34 bits per heavy atom. The van der Waals surface area contributed by atoms with Gasteiger partial charge in [-0.1, -0.05) is 37.1 Å². The number of ketones is 1. The highest BCUT2D eigenvalue weighted by atomic mass is 32.2. The number of Topliss-reactive ketones (excluding diaryl/α,β-unsaturated/α-hetero) is 1. The zero-order valence-corrected chi connectivity index (χ0v) is 18.7. The third kappa shape index (κ3) is 4.85. The van der Waals surface area contributed by atoms with Crippen molar-refractivity contribution in [2.75, 3.05) is 19.6 Å². The minimum absolute atomic E-state index is 0.0123. The molecule has 0 saturated carbocycles. The zero-order chi connectivity index (χ0) is 22.7. The molecule has 0 radical (unpaired) electrons. The van der Waals surface area contributed by atoms with Crippen LogP contribution in [0.1, 0.15) is 48.7 Å². The van der Waals surface area contributed by atoms with Gasteiger partial charge in [-0.15, -0.1) is 0 Å². The Kier molecular flexibility index (Phi) is 6.60. The van der Waals surface area contributed by atoms with E-state index in [1.54, 1.807) is 41.3 Å². The number of nitrogens with zero attached hydrogens (tertiary/aromatic N) is 2. The summed E-state index contributed by atoms with van der Waals surface area (Å²) in [6, 6.07) is 10.5. The van der Waals surface area contributed by atoms with E-state index >= 15 is 0 Å². The number of imide groups is 1. The largest absolute Gasteiger partial charge is 0.457 e. The second-order valence-corrected chi connectivity index (χ2v) is 8.89. The van der Waals surface area contributed by atoms with Crippen LogP contribution < -0.4 is 0 Å². The standard InChI is InChI=1S/C24H24N2O5S/c1-16(27)17-6-8-18(9-7-17)20-11-10-19(31-20)14-21-23(29)26(24(30)32-21)15-22(28)25-12-4-2-3-5-13-25/h6-11,14H,2-5,12-13,15H2,1H3. The molecule has 0 aliphatic carbocycles. The van der Waals surface area contributed by atoms with Crippen LogP contribution in [0.3, 0.4) is 0 Å². The van der Waals surface area contributed by atoms with Crippen molar-refractivity contribution >= 4 is 40.7 Å². The van der Waals surface area contributed by atoms with Crippen LogP contribution >= 0.6 is 11.8 Å². The van der Waals surface area contributed by atoms with Crippen molar-refractivity contribution in [3.63, 3.8) is 0 Å². The van der Waals surface area contributed by atoms with Gasteiger partial charge in [-0.05, 0) is 43.7 Å². The zero-order valence-electron chi connectivity index (χ0n) is 17.8.